The lowest BCUT2D eigenvalue weighted by Crippen LogP contribution is -2.39. The predicted octanol–water partition coefficient (Wildman–Crippen LogP) is 3.66. The van der Waals surface area contributed by atoms with E-state index in [2.05, 4.69) is 24.1 Å². The van der Waals surface area contributed by atoms with Crippen LogP contribution in [0.4, 0.5) is 0 Å². The lowest BCUT2D eigenvalue weighted by molar-refractivity contribution is 0.161. The average Bonchev–Trinajstić information content (AvgIpc) is 2.84. The number of aromatic nitrogens is 1. The lowest BCUT2D eigenvalue weighted by Gasteiger charge is -2.26. The number of hydrogen-bond donors (Lipinski definition) is 2. The van der Waals surface area contributed by atoms with Crippen LogP contribution in [0.1, 0.15) is 36.2 Å². The van der Waals surface area contributed by atoms with Gasteiger partial charge in [-0.25, -0.2) is 4.98 Å². The highest BCUT2D eigenvalue weighted by Crippen LogP contribution is 2.26. The third-order valence-electron chi connectivity index (χ3n) is 3.16. The van der Waals surface area contributed by atoms with E-state index >= 15 is 0 Å². The molecule has 2 N–H and O–H groups in total. The second-order valence-electron chi connectivity index (χ2n) is 5.34. The molecule has 0 spiro atoms. The number of aliphatic hydroxyl groups is 1. The van der Waals surface area contributed by atoms with Crippen LogP contribution in [-0.4, -0.2) is 16.6 Å². The zero-order valence-corrected chi connectivity index (χ0v) is 13.4. The number of nitrogens with zero attached hydrogens (tertiary/aromatic N) is 1. The van der Waals surface area contributed by atoms with Crippen molar-refractivity contribution in [3.05, 3.63) is 50.9 Å². The molecule has 0 fully saturated rings. The van der Waals surface area contributed by atoms with Crippen molar-refractivity contribution in [1.82, 2.24) is 10.3 Å². The Morgan fingerprint density at radius 3 is 2.70 bits per heavy atom. The van der Waals surface area contributed by atoms with Gasteiger partial charge in [-0.15, -0.1) is 11.3 Å². The lowest BCUT2D eigenvalue weighted by atomic mass is 10.0. The van der Waals surface area contributed by atoms with E-state index in [1.54, 1.807) is 17.4 Å². The van der Waals surface area contributed by atoms with Crippen LogP contribution in [0.2, 0.25) is 5.02 Å². The van der Waals surface area contributed by atoms with E-state index < -0.39 is 6.10 Å². The van der Waals surface area contributed by atoms with Crippen molar-refractivity contribution in [3.8, 4) is 0 Å². The molecule has 1 atom stereocenters. The summed E-state index contributed by atoms with van der Waals surface area (Å²) in [5, 5.41) is 17.2. The maximum absolute atomic E-state index is 10.3. The Labute approximate surface area is 128 Å². The molecule has 1 heterocycles. The number of thiazole rings is 1. The third kappa shape index (κ3) is 3.58. The van der Waals surface area contributed by atoms with Crippen molar-refractivity contribution >= 4 is 22.9 Å². The maximum Gasteiger partial charge on any atom is 0.112 e. The summed E-state index contributed by atoms with van der Waals surface area (Å²) >= 11 is 7.72. The fraction of sp³-hybridized carbons (Fsp3) is 0.400. The largest absolute Gasteiger partial charge is 0.387 e. The molecule has 0 bridgehead atoms. The van der Waals surface area contributed by atoms with Gasteiger partial charge in [0, 0.05) is 28.2 Å². The summed E-state index contributed by atoms with van der Waals surface area (Å²) in [6, 6.07) is 7.36. The van der Waals surface area contributed by atoms with Crippen LogP contribution in [0.3, 0.4) is 0 Å². The highest BCUT2D eigenvalue weighted by atomic mass is 35.5. The molecule has 0 amide bonds. The number of halogens is 1. The number of aliphatic hydroxyl groups excluding tert-OH is 1. The molecular weight excluding hydrogens is 292 g/mol. The molecule has 20 heavy (non-hydrogen) atoms. The Morgan fingerprint density at radius 1 is 1.40 bits per heavy atom. The topological polar surface area (TPSA) is 45.1 Å². The van der Waals surface area contributed by atoms with Crippen molar-refractivity contribution in [2.45, 2.75) is 32.4 Å². The molecule has 1 aromatic heterocycles. The highest BCUT2D eigenvalue weighted by molar-refractivity contribution is 7.09. The first-order valence-corrected chi connectivity index (χ1v) is 7.76. The number of nitrogens with one attached hydrogen (secondary N) is 1. The first-order valence-electron chi connectivity index (χ1n) is 6.50. The SMILES string of the molecule is Cc1csc(C(C)(C)NCC(O)c2ccccc2Cl)n1. The minimum absolute atomic E-state index is 0.277. The molecule has 0 saturated carbocycles. The zero-order valence-electron chi connectivity index (χ0n) is 11.9. The normalized spacial score (nSPS) is 13.4. The Hall–Kier alpha value is -0.940. The first kappa shape index (κ1) is 15.4. The van der Waals surface area contributed by atoms with Crippen molar-refractivity contribution in [3.63, 3.8) is 0 Å². The van der Waals surface area contributed by atoms with Crippen LogP contribution in [0, 0.1) is 6.92 Å². The first-order chi connectivity index (χ1) is 9.40. The summed E-state index contributed by atoms with van der Waals surface area (Å²) in [6.07, 6.45) is -0.635. The number of hydrogen-bond acceptors (Lipinski definition) is 4. The molecule has 0 saturated heterocycles. The fourth-order valence-electron chi connectivity index (χ4n) is 1.92. The molecule has 0 aliphatic rings. The van der Waals surface area contributed by atoms with Crippen LogP contribution < -0.4 is 5.32 Å². The predicted molar refractivity (Wildman–Crippen MR) is 84.3 cm³/mol. The van der Waals surface area contributed by atoms with Crippen molar-refractivity contribution in [2.24, 2.45) is 0 Å². The van der Waals surface area contributed by atoms with E-state index in [1.165, 1.54) is 0 Å². The second-order valence-corrected chi connectivity index (χ2v) is 6.60. The molecule has 5 heteroatoms. The highest BCUT2D eigenvalue weighted by Gasteiger charge is 2.24. The van der Waals surface area contributed by atoms with Gasteiger partial charge in [-0.3, -0.25) is 0 Å². The second kappa shape index (κ2) is 6.22. The number of aryl methyl sites for hydroxylation is 1. The van der Waals surface area contributed by atoms with Crippen LogP contribution in [0.25, 0.3) is 0 Å². The monoisotopic (exact) mass is 310 g/mol. The molecule has 2 rings (SSSR count). The number of benzene rings is 1. The minimum Gasteiger partial charge on any atom is -0.387 e. The summed E-state index contributed by atoms with van der Waals surface area (Å²) in [5.74, 6) is 0. The van der Waals surface area contributed by atoms with Gasteiger partial charge in [-0.1, -0.05) is 29.8 Å². The smallest absolute Gasteiger partial charge is 0.112 e. The standard InChI is InChI=1S/C15H19ClN2OS/c1-10-9-20-14(18-10)15(2,3)17-8-13(19)11-6-4-5-7-12(11)16/h4-7,9,13,17,19H,8H2,1-3H3. The van der Waals surface area contributed by atoms with Crippen LogP contribution in [-0.2, 0) is 5.54 Å². The van der Waals surface area contributed by atoms with E-state index in [0.29, 0.717) is 11.6 Å². The van der Waals surface area contributed by atoms with Crippen molar-refractivity contribution < 1.29 is 5.11 Å². The van der Waals surface area contributed by atoms with E-state index in [-0.39, 0.29) is 5.54 Å². The molecule has 3 nitrogen and oxygen atoms in total. The average molecular weight is 311 g/mol. The molecular formula is C15H19ClN2OS. The van der Waals surface area contributed by atoms with E-state index in [0.717, 1.165) is 16.3 Å². The van der Waals surface area contributed by atoms with Gasteiger partial charge in [0.25, 0.3) is 0 Å². The Balaban J connectivity index is 2.03. The molecule has 2 aromatic rings. The summed E-state index contributed by atoms with van der Waals surface area (Å²) in [6.45, 7) is 6.53. The molecule has 0 radical (unpaired) electrons. The number of rotatable bonds is 5. The van der Waals surface area contributed by atoms with Crippen molar-refractivity contribution in [2.75, 3.05) is 6.54 Å². The van der Waals surface area contributed by atoms with Gasteiger partial charge in [0.2, 0.25) is 0 Å². The maximum atomic E-state index is 10.3. The zero-order chi connectivity index (χ0) is 14.8. The summed E-state index contributed by atoms with van der Waals surface area (Å²) < 4.78 is 0. The van der Waals surface area contributed by atoms with Crippen LogP contribution >= 0.6 is 22.9 Å². The molecule has 1 aromatic carbocycles. The summed E-state index contributed by atoms with van der Waals surface area (Å²) in [5.41, 5.74) is 1.49. The van der Waals surface area contributed by atoms with Gasteiger partial charge in [-0.2, -0.15) is 0 Å². The van der Waals surface area contributed by atoms with E-state index in [1.807, 2.05) is 30.5 Å². The third-order valence-corrected chi connectivity index (χ3v) is 4.78. The fourth-order valence-corrected chi connectivity index (χ4v) is 3.08. The minimum atomic E-state index is -0.635. The van der Waals surface area contributed by atoms with Crippen LogP contribution in [0.15, 0.2) is 29.6 Å². The molecule has 0 aliphatic carbocycles. The van der Waals surface area contributed by atoms with Crippen LogP contribution in [0.5, 0.6) is 0 Å². The van der Waals surface area contributed by atoms with Gasteiger partial charge in [0.1, 0.15) is 5.01 Å². The van der Waals surface area contributed by atoms with Gasteiger partial charge < -0.3 is 10.4 Å². The van der Waals surface area contributed by atoms with Gasteiger partial charge in [0.15, 0.2) is 0 Å². The van der Waals surface area contributed by atoms with Gasteiger partial charge >= 0.3 is 0 Å². The van der Waals surface area contributed by atoms with Gasteiger partial charge in [0.05, 0.1) is 11.6 Å². The quantitative estimate of drug-likeness (QED) is 0.886. The van der Waals surface area contributed by atoms with E-state index in [4.69, 9.17) is 11.6 Å². The van der Waals surface area contributed by atoms with Crippen molar-refractivity contribution in [1.29, 1.82) is 0 Å². The summed E-state index contributed by atoms with van der Waals surface area (Å²) in [7, 11) is 0. The molecule has 108 valence electrons. The Kier molecular flexibility index (Phi) is 4.81. The summed E-state index contributed by atoms with van der Waals surface area (Å²) in [4.78, 5) is 4.50. The van der Waals surface area contributed by atoms with E-state index in [9.17, 15) is 5.11 Å². The van der Waals surface area contributed by atoms with Gasteiger partial charge in [-0.05, 0) is 26.8 Å². The molecule has 0 aliphatic heterocycles. The molecule has 1 unspecified atom stereocenters. The Morgan fingerprint density at radius 2 is 2.10 bits per heavy atom. The Bertz CT molecular complexity index is 583.